The zero-order chi connectivity index (χ0) is 8.72. The molecule has 2 unspecified atom stereocenters. The van der Waals surface area contributed by atoms with Crippen LogP contribution in [-0.4, -0.2) is 23.4 Å². The first kappa shape index (κ1) is 8.09. The topological polar surface area (TPSA) is 20.3 Å². The van der Waals surface area contributed by atoms with Crippen LogP contribution < -0.4 is 0 Å². The number of rotatable bonds is 2. The summed E-state index contributed by atoms with van der Waals surface area (Å²) in [7, 11) is 0. The minimum Gasteiger partial charge on any atom is -0.339 e. The van der Waals surface area contributed by atoms with Crippen LogP contribution in [0.3, 0.4) is 0 Å². The number of fused-ring (bicyclic) bond motifs is 1. The van der Waals surface area contributed by atoms with Crippen LogP contribution >= 0.6 is 0 Å². The molecule has 1 saturated carbocycles. The van der Waals surface area contributed by atoms with E-state index in [1.54, 1.807) is 0 Å². The van der Waals surface area contributed by atoms with Crippen LogP contribution in [-0.2, 0) is 4.79 Å². The highest BCUT2D eigenvalue weighted by Gasteiger charge is 2.48. The first-order chi connectivity index (χ1) is 5.68. The maximum atomic E-state index is 11.6. The largest absolute Gasteiger partial charge is 0.339 e. The fraction of sp³-hybridized carbons (Fsp3) is 0.900. The normalized spacial score (nSPS) is 32.4. The number of hydrogen-bond donors (Lipinski definition) is 0. The first-order valence-corrected chi connectivity index (χ1v) is 4.98. The van der Waals surface area contributed by atoms with E-state index in [9.17, 15) is 4.79 Å². The van der Waals surface area contributed by atoms with Crippen LogP contribution in [0.5, 0.6) is 0 Å². The molecule has 1 aliphatic heterocycles. The van der Waals surface area contributed by atoms with Crippen molar-refractivity contribution in [3.8, 4) is 0 Å². The lowest BCUT2D eigenvalue weighted by atomic mass is 10.1. The summed E-state index contributed by atoms with van der Waals surface area (Å²) >= 11 is 0. The van der Waals surface area contributed by atoms with Gasteiger partial charge in [-0.05, 0) is 24.7 Å². The maximum Gasteiger partial charge on any atom is 0.223 e. The number of amides is 1. The maximum absolute atomic E-state index is 11.6. The van der Waals surface area contributed by atoms with Gasteiger partial charge < -0.3 is 4.90 Å². The summed E-state index contributed by atoms with van der Waals surface area (Å²) in [6.45, 7) is 5.25. The molecule has 1 heterocycles. The molecule has 0 spiro atoms. The fourth-order valence-electron chi connectivity index (χ4n) is 2.17. The van der Waals surface area contributed by atoms with Crippen molar-refractivity contribution < 1.29 is 4.79 Å². The predicted molar refractivity (Wildman–Crippen MR) is 47.7 cm³/mol. The molecule has 0 aromatic rings. The molecule has 1 amide bonds. The van der Waals surface area contributed by atoms with Crippen LogP contribution in [0.2, 0.25) is 0 Å². The number of carbonyl (C=O) groups excluding carboxylic acids is 1. The standard InChI is InChI=1S/C10H17NO/c1-7(2)5-10(12)11-4-3-8-6-9(8)11/h7-9H,3-6H2,1-2H3. The molecule has 0 N–H and O–H groups in total. The van der Waals surface area contributed by atoms with E-state index in [4.69, 9.17) is 0 Å². The summed E-state index contributed by atoms with van der Waals surface area (Å²) in [5.41, 5.74) is 0. The summed E-state index contributed by atoms with van der Waals surface area (Å²) in [5.74, 6) is 1.77. The van der Waals surface area contributed by atoms with E-state index in [0.29, 0.717) is 17.9 Å². The van der Waals surface area contributed by atoms with Gasteiger partial charge in [-0.2, -0.15) is 0 Å². The van der Waals surface area contributed by atoms with Gasteiger partial charge in [-0.3, -0.25) is 4.79 Å². The molecule has 0 radical (unpaired) electrons. The highest BCUT2D eigenvalue weighted by Crippen LogP contribution is 2.44. The number of nitrogens with zero attached hydrogens (tertiary/aromatic N) is 1. The Labute approximate surface area is 73.9 Å². The van der Waals surface area contributed by atoms with Crippen molar-refractivity contribution in [3.05, 3.63) is 0 Å². The molecule has 0 bridgehead atoms. The Morgan fingerprint density at radius 2 is 2.33 bits per heavy atom. The van der Waals surface area contributed by atoms with Crippen LogP contribution in [0.15, 0.2) is 0 Å². The molecule has 2 fully saturated rings. The van der Waals surface area contributed by atoms with Crippen LogP contribution in [0, 0.1) is 11.8 Å². The lowest BCUT2D eigenvalue weighted by molar-refractivity contribution is -0.131. The predicted octanol–water partition coefficient (Wildman–Crippen LogP) is 1.65. The van der Waals surface area contributed by atoms with E-state index in [-0.39, 0.29) is 0 Å². The van der Waals surface area contributed by atoms with Crippen molar-refractivity contribution in [2.75, 3.05) is 6.54 Å². The van der Waals surface area contributed by atoms with Crippen molar-refractivity contribution in [1.29, 1.82) is 0 Å². The van der Waals surface area contributed by atoms with E-state index < -0.39 is 0 Å². The van der Waals surface area contributed by atoms with Gasteiger partial charge in [-0.1, -0.05) is 13.8 Å². The second kappa shape index (κ2) is 2.75. The van der Waals surface area contributed by atoms with Gasteiger partial charge in [0.25, 0.3) is 0 Å². The number of carbonyl (C=O) groups is 1. The number of piperidine rings is 1. The molecule has 0 aromatic heterocycles. The molecule has 2 atom stereocenters. The molecule has 1 aliphatic carbocycles. The Bertz CT molecular complexity index is 200. The smallest absolute Gasteiger partial charge is 0.223 e. The Morgan fingerprint density at radius 1 is 1.58 bits per heavy atom. The molecule has 2 heteroatoms. The average Bonchev–Trinajstić information content (AvgIpc) is 2.61. The Balaban J connectivity index is 1.87. The number of hydrogen-bond acceptors (Lipinski definition) is 1. The summed E-state index contributed by atoms with van der Waals surface area (Å²) < 4.78 is 0. The third-order valence-corrected chi connectivity index (χ3v) is 2.93. The molecule has 2 nitrogen and oxygen atoms in total. The third kappa shape index (κ3) is 1.35. The average molecular weight is 167 g/mol. The van der Waals surface area contributed by atoms with E-state index >= 15 is 0 Å². The van der Waals surface area contributed by atoms with Crippen molar-refractivity contribution in [2.45, 2.75) is 39.2 Å². The summed E-state index contributed by atoms with van der Waals surface area (Å²) in [6, 6.07) is 0.649. The molecular formula is C10H17NO. The monoisotopic (exact) mass is 167 g/mol. The van der Waals surface area contributed by atoms with Crippen molar-refractivity contribution >= 4 is 5.91 Å². The lowest BCUT2D eigenvalue weighted by Crippen LogP contribution is -2.31. The quantitative estimate of drug-likeness (QED) is 0.612. The molecule has 2 aliphatic rings. The van der Waals surface area contributed by atoms with Gasteiger partial charge in [-0.15, -0.1) is 0 Å². The van der Waals surface area contributed by atoms with Crippen molar-refractivity contribution in [2.24, 2.45) is 11.8 Å². The van der Waals surface area contributed by atoms with Gasteiger partial charge in [-0.25, -0.2) is 0 Å². The Morgan fingerprint density at radius 3 is 2.75 bits per heavy atom. The van der Waals surface area contributed by atoms with Crippen LogP contribution in [0.4, 0.5) is 0 Å². The Hall–Kier alpha value is -0.530. The van der Waals surface area contributed by atoms with Crippen molar-refractivity contribution in [1.82, 2.24) is 4.90 Å². The zero-order valence-corrected chi connectivity index (χ0v) is 7.92. The van der Waals surface area contributed by atoms with Crippen LogP contribution in [0.1, 0.15) is 33.1 Å². The van der Waals surface area contributed by atoms with E-state index in [1.807, 2.05) is 0 Å². The van der Waals surface area contributed by atoms with Gasteiger partial charge in [0.2, 0.25) is 5.91 Å². The van der Waals surface area contributed by atoms with Gasteiger partial charge in [0.05, 0.1) is 0 Å². The highest BCUT2D eigenvalue weighted by atomic mass is 16.2. The zero-order valence-electron chi connectivity index (χ0n) is 7.92. The van der Waals surface area contributed by atoms with Crippen LogP contribution in [0.25, 0.3) is 0 Å². The first-order valence-electron chi connectivity index (χ1n) is 4.98. The van der Waals surface area contributed by atoms with Gasteiger partial charge >= 0.3 is 0 Å². The molecule has 12 heavy (non-hydrogen) atoms. The fourth-order valence-corrected chi connectivity index (χ4v) is 2.17. The molecule has 68 valence electrons. The van der Waals surface area contributed by atoms with Gasteiger partial charge in [0.1, 0.15) is 0 Å². The minimum atomic E-state index is 0.384. The van der Waals surface area contributed by atoms with E-state index in [1.165, 1.54) is 12.8 Å². The molecular weight excluding hydrogens is 150 g/mol. The number of likely N-dealkylation sites (tertiary alicyclic amines) is 1. The SMILES string of the molecule is CC(C)CC(=O)N1CCC2CC21. The van der Waals surface area contributed by atoms with Gasteiger partial charge in [0.15, 0.2) is 0 Å². The summed E-state index contributed by atoms with van der Waals surface area (Å²) in [4.78, 5) is 13.7. The summed E-state index contributed by atoms with van der Waals surface area (Å²) in [5, 5.41) is 0. The second-order valence-corrected chi connectivity index (χ2v) is 4.54. The van der Waals surface area contributed by atoms with Crippen molar-refractivity contribution in [3.63, 3.8) is 0 Å². The van der Waals surface area contributed by atoms with E-state index in [2.05, 4.69) is 18.7 Å². The second-order valence-electron chi connectivity index (χ2n) is 4.54. The lowest BCUT2D eigenvalue weighted by Gasteiger charge is -2.18. The highest BCUT2D eigenvalue weighted by molar-refractivity contribution is 5.77. The molecule has 2 rings (SSSR count). The van der Waals surface area contributed by atoms with E-state index in [0.717, 1.165) is 18.9 Å². The third-order valence-electron chi connectivity index (χ3n) is 2.93. The molecule has 1 saturated heterocycles. The molecule has 0 aromatic carbocycles. The van der Waals surface area contributed by atoms with Gasteiger partial charge in [0, 0.05) is 19.0 Å². The Kier molecular flexibility index (Phi) is 1.85. The summed E-state index contributed by atoms with van der Waals surface area (Å²) in [6.07, 6.45) is 3.28. The minimum absolute atomic E-state index is 0.384.